The first-order valence-corrected chi connectivity index (χ1v) is 10.8. The lowest BCUT2D eigenvalue weighted by Gasteiger charge is -2.34. The number of hydrogen-bond acceptors (Lipinski definition) is 6. The van der Waals surface area contributed by atoms with Gasteiger partial charge in [0.15, 0.2) is 5.96 Å². The SMILES string of the molecule is CCNC(=NCCN1CCN(c2ncccn2)CC1)N(C)Cc1ccc(OC(F)F)cc1.I. The minimum atomic E-state index is -2.81. The zero-order valence-corrected chi connectivity index (χ0v) is 21.4. The van der Waals surface area contributed by atoms with Gasteiger partial charge in [0.05, 0.1) is 6.54 Å². The van der Waals surface area contributed by atoms with Gasteiger partial charge in [-0.1, -0.05) is 12.1 Å². The van der Waals surface area contributed by atoms with E-state index in [0.717, 1.165) is 56.7 Å². The molecular weight excluding hydrogens is 543 g/mol. The molecule has 0 bridgehead atoms. The van der Waals surface area contributed by atoms with E-state index in [2.05, 4.69) is 29.8 Å². The van der Waals surface area contributed by atoms with Crippen LogP contribution < -0.4 is 15.0 Å². The molecule has 8 nitrogen and oxygen atoms in total. The Balaban J connectivity index is 0.00000385. The van der Waals surface area contributed by atoms with Crippen molar-refractivity contribution in [3.8, 4) is 5.75 Å². The molecular formula is C22H32F2IN7O. The molecule has 3 rings (SSSR count). The summed E-state index contributed by atoms with van der Waals surface area (Å²) in [5.41, 5.74) is 0.985. The summed E-state index contributed by atoms with van der Waals surface area (Å²) < 4.78 is 29.0. The average molecular weight is 575 g/mol. The number of rotatable bonds is 9. The lowest BCUT2D eigenvalue weighted by molar-refractivity contribution is -0.0498. The number of nitrogens with zero attached hydrogens (tertiary/aromatic N) is 6. The fraction of sp³-hybridized carbons (Fsp3) is 0.500. The number of piperazine rings is 1. The molecule has 0 radical (unpaired) electrons. The van der Waals surface area contributed by atoms with Crippen LogP contribution in [0.5, 0.6) is 5.75 Å². The van der Waals surface area contributed by atoms with Crippen molar-refractivity contribution in [3.05, 3.63) is 48.3 Å². The number of ether oxygens (including phenoxy) is 1. The second-order valence-corrected chi connectivity index (χ2v) is 7.49. The molecule has 0 aliphatic carbocycles. The molecule has 1 saturated heterocycles. The largest absolute Gasteiger partial charge is 0.435 e. The molecule has 1 aliphatic heterocycles. The number of alkyl halides is 2. The highest BCUT2D eigenvalue weighted by Gasteiger charge is 2.18. The van der Waals surface area contributed by atoms with Crippen molar-refractivity contribution in [3.63, 3.8) is 0 Å². The standard InChI is InChI=1S/C22H31F2N7O.HI/c1-3-25-21(29(2)17-18-5-7-19(8-6-18)32-20(23)24)28-11-12-30-13-15-31(16-14-30)22-26-9-4-10-27-22;/h4-10,20H,3,11-17H2,1-2H3,(H,25,28);1H. The van der Waals surface area contributed by atoms with Crippen molar-refractivity contribution in [1.82, 2.24) is 25.1 Å². The molecule has 33 heavy (non-hydrogen) atoms. The van der Waals surface area contributed by atoms with Gasteiger partial charge < -0.3 is 19.9 Å². The first-order chi connectivity index (χ1) is 15.5. The third-order valence-electron chi connectivity index (χ3n) is 5.15. The Hall–Kier alpha value is -2.28. The second kappa shape index (κ2) is 14.1. The normalized spacial score (nSPS) is 14.7. The highest BCUT2D eigenvalue weighted by molar-refractivity contribution is 14.0. The van der Waals surface area contributed by atoms with Crippen LogP contribution in [0, 0.1) is 0 Å². The smallest absolute Gasteiger partial charge is 0.387 e. The van der Waals surface area contributed by atoms with Gasteiger partial charge in [0.2, 0.25) is 5.95 Å². The zero-order chi connectivity index (χ0) is 22.8. The van der Waals surface area contributed by atoms with Crippen molar-refractivity contribution in [2.45, 2.75) is 20.1 Å². The van der Waals surface area contributed by atoms with Gasteiger partial charge in [-0.05, 0) is 30.7 Å². The van der Waals surface area contributed by atoms with Crippen molar-refractivity contribution in [2.75, 3.05) is 57.8 Å². The average Bonchev–Trinajstić information content (AvgIpc) is 2.80. The Bertz CT molecular complexity index is 834. The summed E-state index contributed by atoms with van der Waals surface area (Å²) >= 11 is 0. The Kier molecular flexibility index (Phi) is 11.5. The number of aliphatic imine (C=N–C) groups is 1. The Labute approximate surface area is 211 Å². The molecule has 0 spiro atoms. The minimum Gasteiger partial charge on any atom is -0.435 e. The zero-order valence-electron chi connectivity index (χ0n) is 19.0. The second-order valence-electron chi connectivity index (χ2n) is 7.49. The number of aromatic nitrogens is 2. The molecule has 1 N–H and O–H groups in total. The fourth-order valence-corrected chi connectivity index (χ4v) is 3.52. The molecule has 11 heteroatoms. The lowest BCUT2D eigenvalue weighted by Crippen LogP contribution is -2.47. The van der Waals surface area contributed by atoms with Gasteiger partial charge in [0.1, 0.15) is 5.75 Å². The quantitative estimate of drug-likeness (QED) is 0.280. The minimum absolute atomic E-state index is 0. The number of hydrogen-bond donors (Lipinski definition) is 1. The van der Waals surface area contributed by atoms with E-state index in [4.69, 9.17) is 4.99 Å². The molecule has 1 aromatic heterocycles. The maximum absolute atomic E-state index is 12.3. The number of benzene rings is 1. The maximum Gasteiger partial charge on any atom is 0.387 e. The highest BCUT2D eigenvalue weighted by atomic mass is 127. The van der Waals surface area contributed by atoms with Gasteiger partial charge in [-0.2, -0.15) is 8.78 Å². The molecule has 1 aliphatic rings. The Morgan fingerprint density at radius 3 is 2.42 bits per heavy atom. The summed E-state index contributed by atoms with van der Waals surface area (Å²) in [6.07, 6.45) is 3.54. The van der Waals surface area contributed by atoms with E-state index in [0.29, 0.717) is 13.1 Å². The summed E-state index contributed by atoms with van der Waals surface area (Å²) in [5.74, 6) is 1.76. The first kappa shape index (κ1) is 27.0. The van der Waals surface area contributed by atoms with Crippen LogP contribution in [0.25, 0.3) is 0 Å². The van der Waals surface area contributed by atoms with Crippen molar-refractivity contribution >= 4 is 35.9 Å². The fourth-order valence-electron chi connectivity index (χ4n) is 3.52. The van der Waals surface area contributed by atoms with Gasteiger partial charge in [0.25, 0.3) is 0 Å². The molecule has 0 amide bonds. The topological polar surface area (TPSA) is 69.1 Å². The van der Waals surface area contributed by atoms with Gasteiger partial charge in [-0.15, -0.1) is 24.0 Å². The monoisotopic (exact) mass is 575 g/mol. The van der Waals surface area contributed by atoms with Crippen molar-refractivity contribution in [1.29, 1.82) is 0 Å². The molecule has 0 unspecified atom stereocenters. The summed E-state index contributed by atoms with van der Waals surface area (Å²) in [4.78, 5) is 20.0. The summed E-state index contributed by atoms with van der Waals surface area (Å²) in [7, 11) is 1.96. The predicted molar refractivity (Wildman–Crippen MR) is 137 cm³/mol. The van der Waals surface area contributed by atoms with E-state index < -0.39 is 6.61 Å². The van der Waals surface area contributed by atoms with Crippen LogP contribution >= 0.6 is 24.0 Å². The number of anilines is 1. The Morgan fingerprint density at radius 2 is 1.82 bits per heavy atom. The van der Waals surface area contributed by atoms with Gasteiger partial charge in [-0.25, -0.2) is 9.97 Å². The third kappa shape index (κ3) is 8.88. The maximum atomic E-state index is 12.3. The molecule has 0 atom stereocenters. The van der Waals surface area contributed by atoms with Gasteiger partial charge >= 0.3 is 6.61 Å². The van der Waals surface area contributed by atoms with E-state index in [1.54, 1.807) is 36.7 Å². The molecule has 1 aromatic carbocycles. The predicted octanol–water partition coefficient (Wildman–Crippen LogP) is 2.92. The van der Waals surface area contributed by atoms with E-state index in [1.165, 1.54) is 0 Å². The van der Waals surface area contributed by atoms with Gasteiger partial charge in [0, 0.05) is 65.3 Å². The number of guanidine groups is 1. The molecule has 2 heterocycles. The molecule has 1 fully saturated rings. The Morgan fingerprint density at radius 1 is 1.15 bits per heavy atom. The van der Waals surface area contributed by atoms with Crippen molar-refractivity contribution < 1.29 is 13.5 Å². The molecule has 2 aromatic rings. The van der Waals surface area contributed by atoms with Crippen LogP contribution in [-0.4, -0.2) is 85.2 Å². The molecule has 0 saturated carbocycles. The number of halogens is 3. The van der Waals surface area contributed by atoms with Crippen LogP contribution in [-0.2, 0) is 6.54 Å². The van der Waals surface area contributed by atoms with E-state index in [-0.39, 0.29) is 29.7 Å². The van der Waals surface area contributed by atoms with Crippen LogP contribution in [0.4, 0.5) is 14.7 Å². The molecule has 182 valence electrons. The first-order valence-electron chi connectivity index (χ1n) is 10.8. The summed E-state index contributed by atoms with van der Waals surface area (Å²) in [6.45, 7) is 5.87. The van der Waals surface area contributed by atoms with Crippen LogP contribution in [0.3, 0.4) is 0 Å². The lowest BCUT2D eigenvalue weighted by atomic mass is 10.2. The van der Waals surface area contributed by atoms with E-state index >= 15 is 0 Å². The summed E-state index contributed by atoms with van der Waals surface area (Å²) in [6, 6.07) is 8.51. The van der Waals surface area contributed by atoms with Crippen LogP contribution in [0.1, 0.15) is 12.5 Å². The van der Waals surface area contributed by atoms with E-state index in [1.807, 2.05) is 24.9 Å². The van der Waals surface area contributed by atoms with Crippen LogP contribution in [0.15, 0.2) is 47.7 Å². The van der Waals surface area contributed by atoms with Gasteiger partial charge in [-0.3, -0.25) is 9.89 Å². The third-order valence-corrected chi connectivity index (χ3v) is 5.15. The summed E-state index contributed by atoms with van der Waals surface area (Å²) in [5, 5.41) is 3.32. The number of nitrogens with one attached hydrogen (secondary N) is 1. The van der Waals surface area contributed by atoms with Crippen molar-refractivity contribution in [2.24, 2.45) is 4.99 Å². The van der Waals surface area contributed by atoms with Crippen LogP contribution in [0.2, 0.25) is 0 Å². The highest BCUT2D eigenvalue weighted by Crippen LogP contribution is 2.16. The van der Waals surface area contributed by atoms with E-state index in [9.17, 15) is 8.78 Å².